The highest BCUT2D eigenvalue weighted by atomic mass is 19.1. The molecule has 0 aromatic heterocycles. The van der Waals surface area contributed by atoms with Crippen LogP contribution in [0.4, 0.5) is 10.1 Å². The Morgan fingerprint density at radius 3 is 2.61 bits per heavy atom. The zero-order valence-electron chi connectivity index (χ0n) is 13.6. The van der Waals surface area contributed by atoms with Crippen molar-refractivity contribution in [3.8, 4) is 0 Å². The number of allylic oxidation sites excluding steroid dienone is 2. The lowest BCUT2D eigenvalue weighted by atomic mass is 9.77. The van der Waals surface area contributed by atoms with E-state index in [1.165, 1.54) is 11.1 Å². The third-order valence-corrected chi connectivity index (χ3v) is 5.29. The summed E-state index contributed by atoms with van der Waals surface area (Å²) in [6, 6.07) is 14.4. The van der Waals surface area contributed by atoms with E-state index in [1.807, 2.05) is 6.07 Å². The summed E-state index contributed by atoms with van der Waals surface area (Å²) in [6.45, 7) is 4.44. The second-order valence-electron chi connectivity index (χ2n) is 7.03. The Kier molecular flexibility index (Phi) is 3.48. The molecule has 1 aliphatic heterocycles. The lowest BCUT2D eigenvalue weighted by molar-refractivity contribution is 0.424. The first-order valence-electron chi connectivity index (χ1n) is 8.46. The summed E-state index contributed by atoms with van der Waals surface area (Å²) in [5.41, 5.74) is 4.85. The fourth-order valence-corrected chi connectivity index (χ4v) is 3.98. The molecule has 1 aliphatic carbocycles. The third kappa shape index (κ3) is 2.46. The second kappa shape index (κ2) is 5.52. The van der Waals surface area contributed by atoms with Crippen molar-refractivity contribution in [2.45, 2.75) is 38.1 Å². The normalized spacial score (nSPS) is 25.1. The molecule has 0 radical (unpaired) electrons. The summed E-state index contributed by atoms with van der Waals surface area (Å²) in [4.78, 5) is 0. The molecule has 0 fully saturated rings. The maximum Gasteiger partial charge on any atom is 0.123 e. The number of benzene rings is 2. The number of anilines is 1. The zero-order valence-corrected chi connectivity index (χ0v) is 13.6. The smallest absolute Gasteiger partial charge is 0.123 e. The lowest BCUT2D eigenvalue weighted by Gasteiger charge is -2.37. The summed E-state index contributed by atoms with van der Waals surface area (Å²) in [7, 11) is 0. The van der Waals surface area contributed by atoms with Crippen LogP contribution in [0.3, 0.4) is 0 Å². The Balaban J connectivity index is 1.71. The van der Waals surface area contributed by atoms with Gasteiger partial charge in [0.1, 0.15) is 5.82 Å². The first-order valence-corrected chi connectivity index (χ1v) is 8.46. The maximum absolute atomic E-state index is 13.6. The molecule has 0 bridgehead atoms. The van der Waals surface area contributed by atoms with Gasteiger partial charge in [-0.2, -0.15) is 0 Å². The summed E-state index contributed by atoms with van der Waals surface area (Å²) in [5.74, 6) is 1.18. The predicted octanol–water partition coefficient (Wildman–Crippen LogP) is 5.78. The largest absolute Gasteiger partial charge is 0.378 e. The molecule has 3 atom stereocenters. The van der Waals surface area contributed by atoms with Crippen molar-refractivity contribution in [2.75, 3.05) is 5.32 Å². The molecule has 0 unspecified atom stereocenters. The Bertz CT molecular complexity index is 745. The fraction of sp³-hybridized carbons (Fsp3) is 0.333. The summed E-state index contributed by atoms with van der Waals surface area (Å²) >= 11 is 0. The van der Waals surface area contributed by atoms with Crippen molar-refractivity contribution in [2.24, 2.45) is 5.92 Å². The van der Waals surface area contributed by atoms with E-state index in [1.54, 1.807) is 12.1 Å². The molecule has 1 nitrogen and oxygen atoms in total. The first kappa shape index (κ1) is 14.5. The second-order valence-corrected chi connectivity index (χ2v) is 7.03. The molecule has 4 rings (SSSR count). The van der Waals surface area contributed by atoms with Crippen molar-refractivity contribution in [3.63, 3.8) is 0 Å². The minimum Gasteiger partial charge on any atom is -0.378 e. The number of hydrogen-bond acceptors (Lipinski definition) is 1. The maximum atomic E-state index is 13.6. The van der Waals surface area contributed by atoms with Crippen LogP contribution in [0.15, 0.2) is 54.6 Å². The minimum atomic E-state index is -0.149. The van der Waals surface area contributed by atoms with E-state index in [-0.39, 0.29) is 11.9 Å². The van der Waals surface area contributed by atoms with Gasteiger partial charge in [-0.25, -0.2) is 4.39 Å². The van der Waals surface area contributed by atoms with E-state index >= 15 is 0 Å². The summed E-state index contributed by atoms with van der Waals surface area (Å²) in [6.07, 6.45) is 5.54. The Morgan fingerprint density at radius 1 is 1.09 bits per heavy atom. The molecule has 2 aromatic rings. The van der Waals surface area contributed by atoms with Gasteiger partial charge < -0.3 is 5.32 Å². The molecule has 0 saturated carbocycles. The monoisotopic (exact) mass is 307 g/mol. The summed E-state index contributed by atoms with van der Waals surface area (Å²) < 4.78 is 13.6. The van der Waals surface area contributed by atoms with Gasteiger partial charge >= 0.3 is 0 Å². The molecule has 2 aromatic carbocycles. The molecule has 23 heavy (non-hydrogen) atoms. The van der Waals surface area contributed by atoms with E-state index in [0.29, 0.717) is 17.8 Å². The quantitative estimate of drug-likeness (QED) is 0.694. The van der Waals surface area contributed by atoms with E-state index in [0.717, 1.165) is 17.7 Å². The van der Waals surface area contributed by atoms with Crippen molar-refractivity contribution >= 4 is 5.69 Å². The van der Waals surface area contributed by atoms with E-state index < -0.39 is 0 Å². The first-order chi connectivity index (χ1) is 11.1. The highest BCUT2D eigenvalue weighted by Gasteiger charge is 2.37. The van der Waals surface area contributed by atoms with Crippen LogP contribution in [-0.2, 0) is 0 Å². The van der Waals surface area contributed by atoms with Gasteiger partial charge in [0.05, 0.1) is 6.04 Å². The molecule has 0 spiro atoms. The highest BCUT2D eigenvalue weighted by molar-refractivity contribution is 5.59. The zero-order chi connectivity index (χ0) is 16.0. The van der Waals surface area contributed by atoms with Crippen molar-refractivity contribution < 1.29 is 4.39 Å². The van der Waals surface area contributed by atoms with Crippen LogP contribution in [0.2, 0.25) is 0 Å². The van der Waals surface area contributed by atoms with Crippen LogP contribution >= 0.6 is 0 Å². The van der Waals surface area contributed by atoms with Crippen LogP contribution in [0.1, 0.15) is 54.8 Å². The molecule has 2 heteroatoms. The Labute approximate surface area is 137 Å². The van der Waals surface area contributed by atoms with Crippen LogP contribution in [0.5, 0.6) is 0 Å². The molecular weight excluding hydrogens is 285 g/mol. The van der Waals surface area contributed by atoms with Crippen molar-refractivity contribution in [1.82, 2.24) is 0 Å². The average Bonchev–Trinajstić information content (AvgIpc) is 3.04. The van der Waals surface area contributed by atoms with Crippen molar-refractivity contribution in [1.29, 1.82) is 0 Å². The van der Waals surface area contributed by atoms with Gasteiger partial charge in [0.25, 0.3) is 0 Å². The van der Waals surface area contributed by atoms with Gasteiger partial charge in [0, 0.05) is 11.6 Å². The van der Waals surface area contributed by atoms with Gasteiger partial charge in [0.15, 0.2) is 0 Å². The number of rotatable bonds is 2. The third-order valence-electron chi connectivity index (χ3n) is 5.29. The number of nitrogens with one attached hydrogen (secondary N) is 1. The molecule has 0 saturated heterocycles. The molecular formula is C21H22FN. The highest BCUT2D eigenvalue weighted by Crippen LogP contribution is 2.49. The molecule has 0 amide bonds. The number of halogens is 1. The SMILES string of the molecule is CC(C)c1ccc([C@@H]2Nc3ccc(F)cc3[C@H]3C=CC[C@@H]32)cc1. The number of fused-ring (bicyclic) bond motifs is 3. The molecule has 2 aliphatic rings. The molecule has 1 N–H and O–H groups in total. The fourth-order valence-electron chi connectivity index (χ4n) is 3.98. The molecule has 1 heterocycles. The number of hydrogen-bond donors (Lipinski definition) is 1. The van der Waals surface area contributed by atoms with E-state index in [9.17, 15) is 4.39 Å². The van der Waals surface area contributed by atoms with Crippen molar-refractivity contribution in [3.05, 3.63) is 77.1 Å². The van der Waals surface area contributed by atoms with Crippen LogP contribution in [-0.4, -0.2) is 0 Å². The average molecular weight is 307 g/mol. The van der Waals surface area contributed by atoms with E-state index in [4.69, 9.17) is 0 Å². The van der Waals surface area contributed by atoms with Crippen LogP contribution in [0, 0.1) is 11.7 Å². The molecule has 118 valence electrons. The Hall–Kier alpha value is -2.09. The predicted molar refractivity (Wildman–Crippen MR) is 93.3 cm³/mol. The Morgan fingerprint density at radius 2 is 1.87 bits per heavy atom. The standard InChI is InChI=1S/C21H22FN/c1-13(2)14-6-8-15(9-7-14)21-18-5-3-4-17(18)19-12-16(22)10-11-20(19)23-21/h3-4,6-13,17-18,21,23H,5H2,1-2H3/t17-,18-,21-/m0/s1. The summed E-state index contributed by atoms with van der Waals surface area (Å²) in [5, 5.41) is 3.65. The minimum absolute atomic E-state index is 0.149. The van der Waals surface area contributed by atoms with Gasteiger partial charge in [-0.15, -0.1) is 0 Å². The van der Waals surface area contributed by atoms with Gasteiger partial charge in [-0.1, -0.05) is 50.3 Å². The van der Waals surface area contributed by atoms with Gasteiger partial charge in [-0.3, -0.25) is 0 Å². The van der Waals surface area contributed by atoms with Gasteiger partial charge in [0.2, 0.25) is 0 Å². The van der Waals surface area contributed by atoms with Crippen LogP contribution < -0.4 is 5.32 Å². The van der Waals surface area contributed by atoms with Gasteiger partial charge in [-0.05, 0) is 53.1 Å². The van der Waals surface area contributed by atoms with E-state index in [2.05, 4.69) is 55.6 Å². The lowest BCUT2D eigenvalue weighted by Crippen LogP contribution is -2.29. The van der Waals surface area contributed by atoms with Crippen LogP contribution in [0.25, 0.3) is 0 Å². The topological polar surface area (TPSA) is 12.0 Å².